The summed E-state index contributed by atoms with van der Waals surface area (Å²) in [7, 11) is 0. The number of nitrogens with one attached hydrogen (secondary N) is 2. The number of benzene rings is 1. The molecule has 2 N–H and O–H groups in total. The number of imide groups is 1. The minimum atomic E-state index is -4.75. The third-order valence-electron chi connectivity index (χ3n) is 6.66. The molecule has 3 unspecified atom stereocenters. The Morgan fingerprint density at radius 2 is 2.00 bits per heavy atom. The van der Waals surface area contributed by atoms with Crippen LogP contribution in [-0.4, -0.2) is 69.1 Å². The van der Waals surface area contributed by atoms with Crippen LogP contribution in [0.2, 0.25) is 0 Å². The van der Waals surface area contributed by atoms with E-state index in [-0.39, 0.29) is 35.4 Å². The molecule has 4 rings (SSSR count). The average molecular weight is 546 g/mol. The second kappa shape index (κ2) is 10.2. The molecule has 1 aromatic rings. The number of carbonyl (C=O) groups is 4. The summed E-state index contributed by atoms with van der Waals surface area (Å²) >= 11 is 0. The summed E-state index contributed by atoms with van der Waals surface area (Å²) in [6.07, 6.45) is -7.66. The topological polar surface area (TPSA) is 137 Å². The number of rotatable bonds is 6. The smallest absolute Gasteiger partial charge is 0.322 e. The predicted molar refractivity (Wildman–Crippen MR) is 116 cm³/mol. The Morgan fingerprint density at radius 3 is 2.63 bits per heavy atom. The zero-order chi connectivity index (χ0) is 27.9. The van der Waals surface area contributed by atoms with Crippen LogP contribution in [0.25, 0.3) is 0 Å². The number of carbonyl (C=O) groups excluding carboxylic acids is 4. The average Bonchev–Trinajstić information content (AvgIpc) is 3.33. The van der Waals surface area contributed by atoms with Crippen molar-refractivity contribution in [3.8, 4) is 0 Å². The van der Waals surface area contributed by atoms with Crippen molar-refractivity contribution >= 4 is 23.8 Å². The lowest BCUT2D eigenvalue weighted by atomic mass is 10.0. The van der Waals surface area contributed by atoms with Crippen LogP contribution in [0.3, 0.4) is 0 Å². The molecule has 206 valence electrons. The molecule has 2 fully saturated rings. The number of piperidine rings is 1. The number of nitrogens with zero attached hydrogens (tertiary/aromatic N) is 3. The van der Waals surface area contributed by atoms with E-state index in [0.717, 1.165) is 5.01 Å². The normalized spacial score (nSPS) is 24.4. The van der Waals surface area contributed by atoms with Gasteiger partial charge in [-0.05, 0) is 25.8 Å². The van der Waals surface area contributed by atoms with Gasteiger partial charge < -0.3 is 10.2 Å². The van der Waals surface area contributed by atoms with Crippen LogP contribution in [0.4, 0.5) is 22.4 Å². The van der Waals surface area contributed by atoms with Crippen LogP contribution >= 0.6 is 0 Å². The predicted octanol–water partition coefficient (Wildman–Crippen LogP) is 1.81. The molecule has 0 spiro atoms. The Labute approximate surface area is 212 Å². The van der Waals surface area contributed by atoms with Gasteiger partial charge in [-0.25, -0.2) is 9.18 Å². The van der Waals surface area contributed by atoms with Gasteiger partial charge in [0, 0.05) is 25.1 Å². The molecule has 12 nitrogen and oxygen atoms in total. The monoisotopic (exact) mass is 546 g/mol. The molecule has 0 saturated carbocycles. The standard InChI is InChI=1S/C22H23F4N5O7/c1-10-7-15(22(24,25)26)31(36)30(10)11(2)37-38-21(35)27-8-12-3-4-13-9-29(20(34)17(13)18(12)23)14-5-6-16(32)28-19(14)33/h3-4,10-11,14-15H,5-9H2,1-2H3,(H-,27,28,32,33,35)/p+1/t10?,11-,14?,15?/m1/s1. The third-order valence-corrected chi connectivity index (χ3v) is 6.66. The fourth-order valence-corrected chi connectivity index (χ4v) is 4.80. The van der Waals surface area contributed by atoms with Gasteiger partial charge in [-0.2, -0.15) is 18.1 Å². The second-order valence-corrected chi connectivity index (χ2v) is 9.22. The Morgan fingerprint density at radius 1 is 1.29 bits per heavy atom. The van der Waals surface area contributed by atoms with Crippen molar-refractivity contribution in [2.24, 2.45) is 0 Å². The van der Waals surface area contributed by atoms with E-state index in [1.165, 1.54) is 30.9 Å². The highest BCUT2D eigenvalue weighted by molar-refractivity contribution is 6.05. The number of amides is 4. The summed E-state index contributed by atoms with van der Waals surface area (Å²) in [5.74, 6) is -2.74. The largest absolute Gasteiger partial charge is 0.459 e. The molecule has 4 atom stereocenters. The molecule has 38 heavy (non-hydrogen) atoms. The Balaban J connectivity index is 1.33. The van der Waals surface area contributed by atoms with E-state index in [9.17, 15) is 37.3 Å². The lowest BCUT2D eigenvalue weighted by Gasteiger charge is -2.29. The number of nitroso groups, excluding NO2 is 1. The quantitative estimate of drug-likeness (QED) is 0.181. The van der Waals surface area contributed by atoms with Crippen LogP contribution in [-0.2, 0) is 32.5 Å². The minimum Gasteiger partial charge on any atom is -0.322 e. The number of halogens is 4. The minimum absolute atomic E-state index is 0.0281. The maximum absolute atomic E-state index is 15.1. The van der Waals surface area contributed by atoms with Crippen LogP contribution in [0.1, 0.15) is 54.6 Å². The highest BCUT2D eigenvalue weighted by Crippen LogP contribution is 2.34. The van der Waals surface area contributed by atoms with E-state index in [0.29, 0.717) is 5.56 Å². The van der Waals surface area contributed by atoms with Gasteiger partial charge >= 0.3 is 18.3 Å². The summed E-state index contributed by atoms with van der Waals surface area (Å²) in [4.78, 5) is 70.7. The van der Waals surface area contributed by atoms with E-state index in [2.05, 4.69) is 15.5 Å². The summed E-state index contributed by atoms with van der Waals surface area (Å²) in [5.41, 5.74) is -0.0103. The SMILES string of the molecule is CC1CC(C(F)(F)F)[N+](=O)N1[C@@H](C)OOC(=O)NCc1ccc2c(c1F)C(=O)N(C1CCC(=O)NC1=O)C2. The summed E-state index contributed by atoms with van der Waals surface area (Å²) in [6.45, 7) is 2.13. The van der Waals surface area contributed by atoms with Gasteiger partial charge in [0.15, 0.2) is 0 Å². The third kappa shape index (κ3) is 5.12. The van der Waals surface area contributed by atoms with Crippen molar-refractivity contribution in [3.63, 3.8) is 0 Å². The number of hydrogen-bond acceptors (Lipinski definition) is 7. The molecular formula is C22H24F4N5O7+. The fraction of sp³-hybridized carbons (Fsp3) is 0.545. The van der Waals surface area contributed by atoms with E-state index < -0.39 is 73.1 Å². The van der Waals surface area contributed by atoms with Crippen molar-refractivity contribution in [2.75, 3.05) is 0 Å². The van der Waals surface area contributed by atoms with Crippen molar-refractivity contribution in [1.29, 1.82) is 0 Å². The van der Waals surface area contributed by atoms with E-state index in [1.807, 2.05) is 0 Å². The zero-order valence-corrected chi connectivity index (χ0v) is 20.2. The number of hydrazine groups is 1. The highest BCUT2D eigenvalue weighted by Gasteiger charge is 2.61. The lowest BCUT2D eigenvalue weighted by molar-refractivity contribution is -0.751. The number of alkyl halides is 3. The zero-order valence-electron chi connectivity index (χ0n) is 20.2. The van der Waals surface area contributed by atoms with Gasteiger partial charge in [0.2, 0.25) is 18.0 Å². The van der Waals surface area contributed by atoms with Crippen LogP contribution < -0.4 is 10.6 Å². The van der Waals surface area contributed by atoms with Crippen LogP contribution in [0, 0.1) is 10.7 Å². The molecule has 1 aromatic carbocycles. The van der Waals surface area contributed by atoms with Gasteiger partial charge in [0.25, 0.3) is 5.91 Å². The van der Waals surface area contributed by atoms with Gasteiger partial charge in [-0.3, -0.25) is 24.6 Å². The number of hydrogen-bond donors (Lipinski definition) is 2. The van der Waals surface area contributed by atoms with Crippen LogP contribution in [0.5, 0.6) is 0 Å². The Bertz CT molecular complexity index is 1190. The first kappa shape index (κ1) is 27.2. The molecule has 3 aliphatic rings. The molecule has 4 amide bonds. The van der Waals surface area contributed by atoms with Gasteiger partial charge in [-0.15, -0.1) is 5.01 Å². The molecule has 0 radical (unpaired) electrons. The van der Waals surface area contributed by atoms with Gasteiger partial charge in [0.1, 0.15) is 16.7 Å². The molecule has 16 heteroatoms. The first-order valence-electron chi connectivity index (χ1n) is 11.7. The maximum atomic E-state index is 15.1. The Kier molecular flexibility index (Phi) is 7.27. The van der Waals surface area contributed by atoms with Gasteiger partial charge in [0.05, 0.1) is 22.9 Å². The molecule has 2 saturated heterocycles. The van der Waals surface area contributed by atoms with E-state index in [1.54, 1.807) is 0 Å². The van der Waals surface area contributed by atoms with Crippen molar-refractivity contribution in [3.05, 3.63) is 39.5 Å². The Hall–Kier alpha value is -3.82. The number of fused-ring (bicyclic) bond motifs is 1. The maximum Gasteiger partial charge on any atom is 0.459 e. The summed E-state index contributed by atoms with van der Waals surface area (Å²) in [5, 5.41) is 5.08. The molecule has 3 aliphatic heterocycles. The van der Waals surface area contributed by atoms with Gasteiger partial charge in [-0.1, -0.05) is 12.1 Å². The molecule has 0 aliphatic carbocycles. The fourth-order valence-electron chi connectivity index (χ4n) is 4.80. The van der Waals surface area contributed by atoms with Crippen LogP contribution in [0.15, 0.2) is 12.1 Å². The van der Waals surface area contributed by atoms with Crippen molar-refractivity contribution in [2.45, 2.75) is 76.7 Å². The molecule has 0 bridgehead atoms. The highest BCUT2D eigenvalue weighted by atomic mass is 19.4. The molecule has 3 heterocycles. The lowest BCUT2D eigenvalue weighted by Crippen LogP contribution is -2.52. The second-order valence-electron chi connectivity index (χ2n) is 9.22. The van der Waals surface area contributed by atoms with E-state index >= 15 is 4.39 Å². The first-order chi connectivity index (χ1) is 17.8. The summed E-state index contributed by atoms with van der Waals surface area (Å²) in [6, 6.07) is -1.22. The molecular weight excluding hydrogens is 522 g/mol. The first-order valence-corrected chi connectivity index (χ1v) is 11.7. The van der Waals surface area contributed by atoms with E-state index in [4.69, 9.17) is 4.89 Å². The summed E-state index contributed by atoms with van der Waals surface area (Å²) < 4.78 is 54.1. The van der Waals surface area contributed by atoms with Crippen molar-refractivity contribution in [1.82, 2.24) is 20.5 Å². The molecule has 0 aromatic heterocycles. The van der Waals surface area contributed by atoms with Crippen molar-refractivity contribution < 1.29 is 51.4 Å².